The van der Waals surface area contributed by atoms with Gasteiger partial charge in [0.05, 0.1) is 16.6 Å². The minimum Gasteiger partial charge on any atom is -0.331 e. The van der Waals surface area contributed by atoms with E-state index in [1.807, 2.05) is 79.7 Å². The Balaban J connectivity index is 1.68. The quantitative estimate of drug-likeness (QED) is 0.355. The van der Waals surface area contributed by atoms with Crippen molar-refractivity contribution in [2.24, 2.45) is 0 Å². The van der Waals surface area contributed by atoms with Gasteiger partial charge in [-0.05, 0) is 55.5 Å². The van der Waals surface area contributed by atoms with Gasteiger partial charge in [-0.3, -0.25) is 15.6 Å². The van der Waals surface area contributed by atoms with Gasteiger partial charge in [0.2, 0.25) is 5.95 Å². The molecule has 7 heteroatoms. The molecule has 0 bridgehead atoms. The number of hydrazine groups is 1. The van der Waals surface area contributed by atoms with Crippen LogP contribution in [0.25, 0.3) is 16.6 Å². The number of aromatic nitrogens is 2. The summed E-state index contributed by atoms with van der Waals surface area (Å²) < 4.78 is 1.53. The van der Waals surface area contributed by atoms with E-state index in [0.717, 1.165) is 11.3 Å². The van der Waals surface area contributed by atoms with Crippen LogP contribution in [0.3, 0.4) is 0 Å². The van der Waals surface area contributed by atoms with E-state index in [1.54, 1.807) is 6.07 Å². The van der Waals surface area contributed by atoms with E-state index in [-0.39, 0.29) is 5.56 Å². The highest BCUT2D eigenvalue weighted by atomic mass is 32.1. The first-order chi connectivity index (χ1) is 14.1. The molecule has 1 aromatic heterocycles. The molecule has 0 aliphatic carbocycles. The Labute approximate surface area is 173 Å². The highest BCUT2D eigenvalue weighted by Crippen LogP contribution is 2.16. The molecule has 4 aromatic rings. The number of benzene rings is 3. The third-order valence-electron chi connectivity index (χ3n) is 4.39. The predicted molar refractivity (Wildman–Crippen MR) is 121 cm³/mol. The van der Waals surface area contributed by atoms with Crippen molar-refractivity contribution in [3.05, 3.63) is 94.8 Å². The maximum absolute atomic E-state index is 13.2. The second kappa shape index (κ2) is 8.12. The van der Waals surface area contributed by atoms with Gasteiger partial charge in [-0.2, -0.15) is 0 Å². The maximum atomic E-state index is 13.2. The third-order valence-corrected chi connectivity index (χ3v) is 4.59. The van der Waals surface area contributed by atoms with Crippen molar-refractivity contribution in [2.75, 3.05) is 10.7 Å². The molecule has 29 heavy (non-hydrogen) atoms. The average Bonchev–Trinajstić information content (AvgIpc) is 2.74. The van der Waals surface area contributed by atoms with Crippen LogP contribution in [0.4, 0.5) is 11.6 Å². The van der Waals surface area contributed by atoms with Crippen LogP contribution in [0.15, 0.2) is 83.7 Å². The largest absolute Gasteiger partial charge is 0.331 e. The Morgan fingerprint density at radius 2 is 1.62 bits per heavy atom. The number of thiocarbonyl (C=S) groups is 1. The zero-order valence-corrected chi connectivity index (χ0v) is 16.5. The van der Waals surface area contributed by atoms with Crippen LogP contribution in [-0.2, 0) is 0 Å². The highest BCUT2D eigenvalue weighted by Gasteiger charge is 2.13. The van der Waals surface area contributed by atoms with E-state index in [4.69, 9.17) is 12.2 Å². The summed E-state index contributed by atoms with van der Waals surface area (Å²) >= 11 is 5.34. The summed E-state index contributed by atoms with van der Waals surface area (Å²) in [6.07, 6.45) is 0. The third kappa shape index (κ3) is 4.09. The Bertz CT molecular complexity index is 1220. The van der Waals surface area contributed by atoms with Gasteiger partial charge in [-0.15, -0.1) is 0 Å². The van der Waals surface area contributed by atoms with E-state index < -0.39 is 0 Å². The van der Waals surface area contributed by atoms with Crippen molar-refractivity contribution in [3.8, 4) is 5.69 Å². The van der Waals surface area contributed by atoms with Crippen LogP contribution in [0.1, 0.15) is 5.56 Å². The zero-order chi connectivity index (χ0) is 20.2. The average molecular weight is 401 g/mol. The molecule has 0 unspecified atom stereocenters. The number of hydrogen-bond acceptors (Lipinski definition) is 4. The molecule has 0 atom stereocenters. The van der Waals surface area contributed by atoms with Crippen molar-refractivity contribution in [2.45, 2.75) is 6.92 Å². The van der Waals surface area contributed by atoms with Crippen LogP contribution >= 0.6 is 12.2 Å². The van der Waals surface area contributed by atoms with Crippen molar-refractivity contribution in [1.29, 1.82) is 0 Å². The van der Waals surface area contributed by atoms with E-state index in [1.165, 1.54) is 4.57 Å². The second-order valence-electron chi connectivity index (χ2n) is 6.50. The van der Waals surface area contributed by atoms with Crippen LogP contribution in [0, 0.1) is 6.92 Å². The Kier molecular flexibility index (Phi) is 5.22. The molecule has 4 rings (SSSR count). The van der Waals surface area contributed by atoms with E-state index >= 15 is 0 Å². The fourth-order valence-corrected chi connectivity index (χ4v) is 3.12. The smallest absolute Gasteiger partial charge is 0.267 e. The molecule has 0 saturated heterocycles. The van der Waals surface area contributed by atoms with Crippen molar-refractivity contribution >= 4 is 39.9 Å². The van der Waals surface area contributed by atoms with Gasteiger partial charge >= 0.3 is 0 Å². The Hall–Kier alpha value is -3.71. The van der Waals surface area contributed by atoms with Crippen LogP contribution in [0.2, 0.25) is 0 Å². The van der Waals surface area contributed by atoms with Gasteiger partial charge in [0.15, 0.2) is 5.11 Å². The number of anilines is 2. The molecule has 0 saturated carbocycles. The number of hydrogen-bond donors (Lipinski definition) is 3. The topological polar surface area (TPSA) is 71.0 Å². The number of nitrogens with zero attached hydrogens (tertiary/aromatic N) is 2. The number of fused-ring (bicyclic) bond motifs is 1. The fraction of sp³-hybridized carbons (Fsp3) is 0.0455. The molecule has 0 aliphatic rings. The summed E-state index contributed by atoms with van der Waals surface area (Å²) in [5.74, 6) is 0.342. The molecule has 144 valence electrons. The lowest BCUT2D eigenvalue weighted by Gasteiger charge is -2.17. The summed E-state index contributed by atoms with van der Waals surface area (Å²) in [5.41, 5.74) is 9.01. The van der Waals surface area contributed by atoms with Gasteiger partial charge < -0.3 is 5.32 Å². The van der Waals surface area contributed by atoms with Gasteiger partial charge in [0, 0.05) is 5.69 Å². The number of para-hydroxylation sites is 2. The first-order valence-corrected chi connectivity index (χ1v) is 9.49. The van der Waals surface area contributed by atoms with Gasteiger partial charge in [0.25, 0.3) is 5.56 Å². The minimum atomic E-state index is -0.161. The lowest BCUT2D eigenvalue weighted by atomic mass is 10.2. The maximum Gasteiger partial charge on any atom is 0.267 e. The molecule has 3 aromatic carbocycles. The molecule has 0 radical (unpaired) electrons. The Morgan fingerprint density at radius 1 is 0.931 bits per heavy atom. The summed E-state index contributed by atoms with van der Waals surface area (Å²) in [6, 6.07) is 24.5. The molecule has 0 aliphatic heterocycles. The standard InChI is InChI=1S/C22H19N5OS/c1-15-11-13-17(14-12-15)27-20(28)18-9-5-6-10-19(18)24-21(27)25-26-22(29)23-16-7-3-2-4-8-16/h2-14H,1H3,(H,24,25)(H2,23,26,29). The minimum absolute atomic E-state index is 0.161. The lowest BCUT2D eigenvalue weighted by Crippen LogP contribution is -2.36. The van der Waals surface area contributed by atoms with E-state index in [2.05, 4.69) is 21.2 Å². The Morgan fingerprint density at radius 3 is 2.38 bits per heavy atom. The van der Waals surface area contributed by atoms with Gasteiger partial charge in [-0.25, -0.2) is 9.55 Å². The second-order valence-corrected chi connectivity index (χ2v) is 6.91. The molecule has 6 nitrogen and oxygen atoms in total. The highest BCUT2D eigenvalue weighted by molar-refractivity contribution is 7.80. The first-order valence-electron chi connectivity index (χ1n) is 9.09. The van der Waals surface area contributed by atoms with Gasteiger partial charge in [-0.1, -0.05) is 48.0 Å². The SMILES string of the molecule is Cc1ccc(-n2c(NNC(=S)Nc3ccccc3)nc3ccccc3c2=O)cc1. The number of rotatable bonds is 4. The monoisotopic (exact) mass is 401 g/mol. The zero-order valence-electron chi connectivity index (χ0n) is 15.7. The summed E-state index contributed by atoms with van der Waals surface area (Å²) in [4.78, 5) is 17.8. The predicted octanol–water partition coefficient (Wildman–Crippen LogP) is 4.01. The summed E-state index contributed by atoms with van der Waals surface area (Å²) in [6.45, 7) is 2.00. The van der Waals surface area contributed by atoms with Gasteiger partial charge in [0.1, 0.15) is 0 Å². The van der Waals surface area contributed by atoms with Crippen LogP contribution in [-0.4, -0.2) is 14.7 Å². The fourth-order valence-electron chi connectivity index (χ4n) is 2.95. The van der Waals surface area contributed by atoms with Crippen LogP contribution < -0.4 is 21.7 Å². The summed E-state index contributed by atoms with van der Waals surface area (Å²) in [5, 5.41) is 3.97. The normalized spacial score (nSPS) is 10.5. The molecule has 0 amide bonds. The first kappa shape index (κ1) is 18.6. The van der Waals surface area contributed by atoms with E-state index in [9.17, 15) is 4.79 Å². The lowest BCUT2D eigenvalue weighted by molar-refractivity contribution is 0.928. The number of nitrogens with one attached hydrogen (secondary N) is 3. The molecular formula is C22H19N5OS. The molecule has 3 N–H and O–H groups in total. The van der Waals surface area contributed by atoms with Crippen molar-refractivity contribution < 1.29 is 0 Å². The molecule has 1 heterocycles. The molecule has 0 fully saturated rings. The van der Waals surface area contributed by atoms with Crippen LogP contribution in [0.5, 0.6) is 0 Å². The van der Waals surface area contributed by atoms with Crippen molar-refractivity contribution in [1.82, 2.24) is 15.0 Å². The van der Waals surface area contributed by atoms with E-state index in [0.29, 0.717) is 27.7 Å². The van der Waals surface area contributed by atoms with Crippen molar-refractivity contribution in [3.63, 3.8) is 0 Å². The molecular weight excluding hydrogens is 382 g/mol. The molecule has 0 spiro atoms. The summed E-state index contributed by atoms with van der Waals surface area (Å²) in [7, 11) is 0. The number of aryl methyl sites for hydroxylation is 1.